The van der Waals surface area contributed by atoms with Crippen LogP contribution in [0.4, 0.5) is 0 Å². The summed E-state index contributed by atoms with van der Waals surface area (Å²) in [5.74, 6) is -0.994. The quantitative estimate of drug-likeness (QED) is 0.487. The molecule has 0 aromatic heterocycles. The van der Waals surface area contributed by atoms with Gasteiger partial charge in [-0.15, -0.1) is 0 Å². The zero-order valence-corrected chi connectivity index (χ0v) is 5.00. The zero-order valence-electron chi connectivity index (χ0n) is 5.00. The lowest BCUT2D eigenvalue weighted by molar-refractivity contribution is -0.142. The van der Waals surface area contributed by atoms with E-state index < -0.39 is 5.97 Å². The summed E-state index contributed by atoms with van der Waals surface area (Å²) in [4.78, 5) is 10.3. The maximum Gasteiger partial charge on any atom is 0.307 e. The molecule has 0 aromatic carbocycles. The summed E-state index contributed by atoms with van der Waals surface area (Å²) >= 11 is 0. The molecular weight excluding hydrogens is 120 g/mol. The molecule has 4 nitrogen and oxygen atoms in total. The molecule has 1 radical (unpaired) electrons. The van der Waals surface area contributed by atoms with Crippen molar-refractivity contribution in [1.29, 1.82) is 0 Å². The van der Waals surface area contributed by atoms with Crippen LogP contribution < -0.4 is 10.9 Å². The number of carbonyl (C=O) groups is 1. The Balaban J connectivity index is 2.31. The van der Waals surface area contributed by atoms with E-state index in [0.29, 0.717) is 19.5 Å². The Morgan fingerprint density at radius 3 is 2.89 bits per heavy atom. The molecule has 0 amide bonds. The van der Waals surface area contributed by atoms with E-state index in [1.54, 1.807) is 0 Å². The van der Waals surface area contributed by atoms with Crippen LogP contribution in [0.25, 0.3) is 0 Å². The van der Waals surface area contributed by atoms with E-state index in [-0.39, 0.29) is 5.92 Å². The molecule has 1 heterocycles. The average Bonchev–Trinajstić information content (AvgIpc) is 1.90. The van der Waals surface area contributed by atoms with E-state index in [0.717, 1.165) is 0 Å². The van der Waals surface area contributed by atoms with Gasteiger partial charge in [0.25, 0.3) is 0 Å². The first-order valence-electron chi connectivity index (χ1n) is 2.93. The fraction of sp³-hybridized carbons (Fsp3) is 0.800. The van der Waals surface area contributed by atoms with Crippen LogP contribution in [0, 0.1) is 5.92 Å². The van der Waals surface area contributed by atoms with Crippen LogP contribution >= 0.6 is 0 Å². The third kappa shape index (κ3) is 1.65. The second-order valence-corrected chi connectivity index (χ2v) is 2.07. The first-order valence-corrected chi connectivity index (χ1v) is 2.93. The van der Waals surface area contributed by atoms with Gasteiger partial charge in [0.2, 0.25) is 0 Å². The van der Waals surface area contributed by atoms with Crippen LogP contribution in [0.2, 0.25) is 0 Å². The van der Waals surface area contributed by atoms with E-state index in [2.05, 4.69) is 10.9 Å². The van der Waals surface area contributed by atoms with E-state index in [1.807, 2.05) is 0 Å². The normalized spacial score (nSPS) is 27.8. The number of carboxylic acid groups (broad SMARTS) is 1. The minimum absolute atomic E-state index is 0.258. The molecule has 51 valence electrons. The summed E-state index contributed by atoms with van der Waals surface area (Å²) in [7, 11) is 0. The van der Waals surface area contributed by atoms with Crippen molar-refractivity contribution in [2.75, 3.05) is 13.1 Å². The minimum atomic E-state index is -0.736. The Hall–Kier alpha value is -0.610. The molecule has 1 aliphatic rings. The number of hydrogen-bond acceptors (Lipinski definition) is 2. The average molecular weight is 129 g/mol. The van der Waals surface area contributed by atoms with Gasteiger partial charge in [0.05, 0.1) is 5.92 Å². The number of aliphatic carboxylic acids is 1. The first-order chi connectivity index (χ1) is 4.30. The van der Waals surface area contributed by atoms with Gasteiger partial charge in [0.1, 0.15) is 0 Å². The molecule has 4 heteroatoms. The standard InChI is InChI=1S/C5H9N2O2/c8-5(9)4-1-2-6-7-3-4/h4,6H,1-3H2,(H,8,9). The maximum absolute atomic E-state index is 10.3. The van der Waals surface area contributed by atoms with Crippen molar-refractivity contribution in [3.05, 3.63) is 0 Å². The van der Waals surface area contributed by atoms with Gasteiger partial charge in [-0.1, -0.05) is 0 Å². The Morgan fingerprint density at radius 2 is 2.56 bits per heavy atom. The van der Waals surface area contributed by atoms with Crippen molar-refractivity contribution in [3.63, 3.8) is 0 Å². The summed E-state index contributed by atoms with van der Waals surface area (Å²) in [6.45, 7) is 1.10. The van der Waals surface area contributed by atoms with Crippen LogP contribution in [0.3, 0.4) is 0 Å². The predicted molar refractivity (Wildman–Crippen MR) is 30.7 cm³/mol. The first kappa shape index (κ1) is 6.51. The highest BCUT2D eigenvalue weighted by Crippen LogP contribution is 2.03. The molecule has 1 saturated heterocycles. The molecule has 9 heavy (non-hydrogen) atoms. The fourth-order valence-electron chi connectivity index (χ4n) is 0.785. The smallest absolute Gasteiger partial charge is 0.307 e. The van der Waals surface area contributed by atoms with Crippen LogP contribution in [0.1, 0.15) is 6.42 Å². The van der Waals surface area contributed by atoms with Crippen molar-refractivity contribution in [2.24, 2.45) is 5.92 Å². The van der Waals surface area contributed by atoms with Gasteiger partial charge >= 0.3 is 5.97 Å². The van der Waals surface area contributed by atoms with Gasteiger partial charge in [0, 0.05) is 13.1 Å². The van der Waals surface area contributed by atoms with Gasteiger partial charge in [0.15, 0.2) is 0 Å². The highest BCUT2D eigenvalue weighted by molar-refractivity contribution is 5.70. The topological polar surface area (TPSA) is 63.4 Å². The highest BCUT2D eigenvalue weighted by Gasteiger charge is 2.19. The highest BCUT2D eigenvalue weighted by atomic mass is 16.4. The summed E-state index contributed by atoms with van der Waals surface area (Å²) in [6.07, 6.45) is 0.693. The van der Waals surface area contributed by atoms with Gasteiger partial charge in [-0.05, 0) is 6.42 Å². The van der Waals surface area contributed by atoms with Crippen LogP contribution in [0.5, 0.6) is 0 Å². The van der Waals surface area contributed by atoms with Crippen molar-refractivity contribution in [1.82, 2.24) is 10.9 Å². The Morgan fingerprint density at radius 1 is 1.78 bits per heavy atom. The molecule has 0 bridgehead atoms. The van der Waals surface area contributed by atoms with Crippen LogP contribution in [0.15, 0.2) is 0 Å². The van der Waals surface area contributed by atoms with Gasteiger partial charge in [-0.25, -0.2) is 5.43 Å². The minimum Gasteiger partial charge on any atom is -0.481 e. The summed E-state index contributed by atoms with van der Waals surface area (Å²) in [5, 5.41) is 8.45. The molecule has 2 N–H and O–H groups in total. The Kier molecular flexibility index (Phi) is 2.02. The number of nitrogens with one attached hydrogen (secondary N) is 1. The Labute approximate surface area is 53.2 Å². The van der Waals surface area contributed by atoms with E-state index in [1.165, 1.54) is 0 Å². The molecule has 0 aromatic rings. The summed E-state index contributed by atoms with van der Waals surface area (Å²) in [6, 6.07) is 0. The number of carboxylic acids is 1. The molecule has 1 rings (SSSR count). The molecule has 0 spiro atoms. The van der Waals surface area contributed by atoms with Crippen molar-refractivity contribution >= 4 is 5.97 Å². The second-order valence-electron chi connectivity index (χ2n) is 2.07. The SMILES string of the molecule is O=C(O)C1CCN[N]C1. The lowest BCUT2D eigenvalue weighted by Crippen LogP contribution is -2.40. The summed E-state index contributed by atoms with van der Waals surface area (Å²) < 4.78 is 0. The van der Waals surface area contributed by atoms with Crippen LogP contribution in [-0.4, -0.2) is 24.2 Å². The van der Waals surface area contributed by atoms with Crippen molar-refractivity contribution in [2.45, 2.75) is 6.42 Å². The van der Waals surface area contributed by atoms with E-state index >= 15 is 0 Å². The third-order valence-electron chi connectivity index (χ3n) is 1.38. The fourth-order valence-corrected chi connectivity index (χ4v) is 0.785. The third-order valence-corrected chi connectivity index (χ3v) is 1.38. The predicted octanol–water partition coefficient (Wildman–Crippen LogP) is -0.800. The second kappa shape index (κ2) is 2.80. The van der Waals surface area contributed by atoms with Crippen molar-refractivity contribution in [3.8, 4) is 0 Å². The van der Waals surface area contributed by atoms with E-state index in [9.17, 15) is 4.79 Å². The molecule has 1 fully saturated rings. The molecular formula is C5H9N2O2. The largest absolute Gasteiger partial charge is 0.481 e. The summed E-state index contributed by atoms with van der Waals surface area (Å²) in [5.41, 5.74) is 6.48. The van der Waals surface area contributed by atoms with Crippen molar-refractivity contribution < 1.29 is 9.90 Å². The van der Waals surface area contributed by atoms with Gasteiger partial charge in [-0.3, -0.25) is 4.79 Å². The molecule has 1 unspecified atom stereocenters. The van der Waals surface area contributed by atoms with Gasteiger partial charge < -0.3 is 5.11 Å². The number of nitrogens with zero attached hydrogens (tertiary/aromatic N) is 1. The van der Waals surface area contributed by atoms with E-state index in [4.69, 9.17) is 5.11 Å². The van der Waals surface area contributed by atoms with Crippen LogP contribution in [-0.2, 0) is 4.79 Å². The Bertz CT molecular complexity index is 110. The monoisotopic (exact) mass is 129 g/mol. The molecule has 1 atom stereocenters. The molecule has 0 aliphatic carbocycles. The zero-order chi connectivity index (χ0) is 6.69. The lowest BCUT2D eigenvalue weighted by Gasteiger charge is -2.17. The molecule has 0 saturated carbocycles. The lowest BCUT2D eigenvalue weighted by atomic mass is 10.1. The number of hydrogen-bond donors (Lipinski definition) is 2. The number of rotatable bonds is 1. The maximum atomic E-state index is 10.3. The molecule has 1 aliphatic heterocycles. The van der Waals surface area contributed by atoms with Gasteiger partial charge in [-0.2, -0.15) is 5.43 Å².